The number of hydrogen-bond acceptors (Lipinski definition) is 0. The van der Waals surface area contributed by atoms with Crippen molar-refractivity contribution in [3.63, 3.8) is 0 Å². The van der Waals surface area contributed by atoms with E-state index in [-0.39, 0.29) is 0 Å². The lowest BCUT2D eigenvalue weighted by molar-refractivity contribution is 0.356. The first-order valence-electron chi connectivity index (χ1n) is 5.67. The molecule has 0 saturated carbocycles. The van der Waals surface area contributed by atoms with E-state index in [0.717, 1.165) is 0 Å². The summed E-state index contributed by atoms with van der Waals surface area (Å²) in [5.74, 6) is 0. The van der Waals surface area contributed by atoms with E-state index in [1.54, 1.807) is 0 Å². The Morgan fingerprint density at radius 1 is 0.923 bits per heavy atom. The van der Waals surface area contributed by atoms with Crippen LogP contribution in [0.1, 0.15) is 65.7 Å². The van der Waals surface area contributed by atoms with Gasteiger partial charge in [-0.05, 0) is 24.7 Å². The molecule has 0 aliphatic heterocycles. The summed E-state index contributed by atoms with van der Waals surface area (Å²) in [6.45, 7) is 10.7. The second kappa shape index (κ2) is 7.17. The summed E-state index contributed by atoms with van der Waals surface area (Å²) >= 11 is 0. The van der Waals surface area contributed by atoms with Crippen molar-refractivity contribution < 1.29 is 0 Å². The van der Waals surface area contributed by atoms with Gasteiger partial charge in [0.2, 0.25) is 0 Å². The van der Waals surface area contributed by atoms with Crippen molar-refractivity contribution in [1.29, 1.82) is 0 Å². The molecular formula is C13H26. The van der Waals surface area contributed by atoms with Crippen LogP contribution in [0.15, 0.2) is 12.7 Å². The van der Waals surface area contributed by atoms with Gasteiger partial charge in [0.15, 0.2) is 0 Å². The lowest BCUT2D eigenvalue weighted by Crippen LogP contribution is -2.03. The van der Waals surface area contributed by atoms with E-state index in [1.807, 2.05) is 6.08 Å². The van der Waals surface area contributed by atoms with Gasteiger partial charge in [-0.25, -0.2) is 0 Å². The van der Waals surface area contributed by atoms with Crippen molar-refractivity contribution in [3.8, 4) is 0 Å². The van der Waals surface area contributed by atoms with E-state index < -0.39 is 0 Å². The molecule has 0 saturated heterocycles. The van der Waals surface area contributed by atoms with Gasteiger partial charge in [0.25, 0.3) is 0 Å². The molecule has 0 heteroatoms. The molecule has 0 heterocycles. The van der Waals surface area contributed by atoms with Gasteiger partial charge in [-0.15, -0.1) is 6.58 Å². The zero-order valence-corrected chi connectivity index (χ0v) is 9.73. The number of unbranched alkanes of at least 4 members (excludes halogenated alkanes) is 5. The number of rotatable bonds is 7. The molecule has 0 fully saturated rings. The van der Waals surface area contributed by atoms with Gasteiger partial charge in [0.05, 0.1) is 0 Å². The molecule has 0 rings (SSSR count). The molecule has 0 nitrogen and oxygen atoms in total. The van der Waals surface area contributed by atoms with Crippen LogP contribution in [0, 0.1) is 5.41 Å². The molecule has 0 aliphatic rings. The van der Waals surface area contributed by atoms with Crippen molar-refractivity contribution >= 4 is 0 Å². The zero-order valence-electron chi connectivity index (χ0n) is 9.73. The zero-order chi connectivity index (χ0) is 10.2. The van der Waals surface area contributed by atoms with E-state index in [2.05, 4.69) is 27.4 Å². The highest BCUT2D eigenvalue weighted by atomic mass is 14.1. The SMILES string of the molecule is C=CCCCCCCCC(C)(C)C. The second-order valence-corrected chi connectivity index (χ2v) is 5.16. The maximum absolute atomic E-state index is 3.73. The third-order valence-electron chi connectivity index (χ3n) is 2.34. The Hall–Kier alpha value is -0.260. The van der Waals surface area contributed by atoms with E-state index in [1.165, 1.54) is 44.9 Å². The Kier molecular flexibility index (Phi) is 7.03. The summed E-state index contributed by atoms with van der Waals surface area (Å²) in [7, 11) is 0. The van der Waals surface area contributed by atoms with E-state index in [0.29, 0.717) is 5.41 Å². The normalized spacial score (nSPS) is 11.6. The molecule has 0 aromatic heterocycles. The smallest absolute Gasteiger partial charge is 0.0353 e. The molecule has 0 unspecified atom stereocenters. The van der Waals surface area contributed by atoms with Crippen molar-refractivity contribution in [3.05, 3.63) is 12.7 Å². The van der Waals surface area contributed by atoms with Crippen molar-refractivity contribution in [2.45, 2.75) is 65.7 Å². The van der Waals surface area contributed by atoms with Gasteiger partial charge < -0.3 is 0 Å². The highest BCUT2D eigenvalue weighted by molar-refractivity contribution is 4.65. The first-order valence-corrected chi connectivity index (χ1v) is 5.67. The van der Waals surface area contributed by atoms with Gasteiger partial charge in [0, 0.05) is 0 Å². The fraction of sp³-hybridized carbons (Fsp3) is 0.846. The van der Waals surface area contributed by atoms with Crippen LogP contribution in [-0.4, -0.2) is 0 Å². The lowest BCUT2D eigenvalue weighted by Gasteiger charge is -2.17. The van der Waals surface area contributed by atoms with Crippen LogP contribution in [0.2, 0.25) is 0 Å². The predicted molar refractivity (Wildman–Crippen MR) is 62.0 cm³/mol. The highest BCUT2D eigenvalue weighted by Crippen LogP contribution is 2.22. The Bertz CT molecular complexity index is 116. The predicted octanol–water partition coefficient (Wildman–Crippen LogP) is 4.95. The minimum Gasteiger partial charge on any atom is -0.103 e. The van der Waals surface area contributed by atoms with Crippen LogP contribution in [0.3, 0.4) is 0 Å². The topological polar surface area (TPSA) is 0 Å². The van der Waals surface area contributed by atoms with Crippen LogP contribution < -0.4 is 0 Å². The van der Waals surface area contributed by atoms with Crippen molar-refractivity contribution in [2.75, 3.05) is 0 Å². The quantitative estimate of drug-likeness (QED) is 0.386. The minimum absolute atomic E-state index is 0.529. The molecule has 0 radical (unpaired) electrons. The number of allylic oxidation sites excluding steroid dienone is 1. The molecule has 13 heavy (non-hydrogen) atoms. The van der Waals surface area contributed by atoms with Crippen molar-refractivity contribution in [1.82, 2.24) is 0 Å². The minimum atomic E-state index is 0.529. The van der Waals surface area contributed by atoms with Gasteiger partial charge in [-0.1, -0.05) is 52.5 Å². The monoisotopic (exact) mass is 182 g/mol. The summed E-state index contributed by atoms with van der Waals surface area (Å²) in [6, 6.07) is 0. The summed E-state index contributed by atoms with van der Waals surface area (Å²) in [5, 5.41) is 0. The lowest BCUT2D eigenvalue weighted by atomic mass is 9.89. The van der Waals surface area contributed by atoms with E-state index >= 15 is 0 Å². The molecule has 0 spiro atoms. The molecule has 0 aromatic rings. The molecule has 0 atom stereocenters. The fourth-order valence-corrected chi connectivity index (χ4v) is 1.47. The molecule has 0 bridgehead atoms. The summed E-state index contributed by atoms with van der Waals surface area (Å²) in [6.07, 6.45) is 11.5. The molecular weight excluding hydrogens is 156 g/mol. The Morgan fingerprint density at radius 2 is 1.46 bits per heavy atom. The van der Waals surface area contributed by atoms with Gasteiger partial charge in [0.1, 0.15) is 0 Å². The largest absolute Gasteiger partial charge is 0.103 e. The summed E-state index contributed by atoms with van der Waals surface area (Å²) in [4.78, 5) is 0. The molecule has 0 amide bonds. The maximum atomic E-state index is 3.73. The standard InChI is InChI=1S/C13H26/c1-5-6-7-8-9-10-11-12-13(2,3)4/h5H,1,6-12H2,2-4H3. The Morgan fingerprint density at radius 3 is 2.00 bits per heavy atom. The third kappa shape index (κ3) is 11.7. The summed E-state index contributed by atoms with van der Waals surface area (Å²) < 4.78 is 0. The average Bonchev–Trinajstić information content (AvgIpc) is 2.01. The van der Waals surface area contributed by atoms with E-state index in [9.17, 15) is 0 Å². The number of hydrogen-bond donors (Lipinski definition) is 0. The second-order valence-electron chi connectivity index (χ2n) is 5.16. The molecule has 0 aliphatic carbocycles. The van der Waals surface area contributed by atoms with Gasteiger partial charge in [-0.2, -0.15) is 0 Å². The van der Waals surface area contributed by atoms with E-state index in [4.69, 9.17) is 0 Å². The maximum Gasteiger partial charge on any atom is -0.0353 e. The molecule has 0 aromatic carbocycles. The Balaban J connectivity index is 3.04. The first-order chi connectivity index (χ1) is 6.06. The van der Waals surface area contributed by atoms with Crippen LogP contribution in [-0.2, 0) is 0 Å². The molecule has 78 valence electrons. The van der Waals surface area contributed by atoms with Gasteiger partial charge in [-0.3, -0.25) is 0 Å². The van der Waals surface area contributed by atoms with Crippen LogP contribution >= 0.6 is 0 Å². The Labute approximate surface area is 84.4 Å². The average molecular weight is 182 g/mol. The summed E-state index contributed by atoms with van der Waals surface area (Å²) in [5.41, 5.74) is 0.529. The first kappa shape index (κ1) is 12.7. The fourth-order valence-electron chi connectivity index (χ4n) is 1.47. The highest BCUT2D eigenvalue weighted by Gasteiger charge is 2.08. The van der Waals surface area contributed by atoms with Crippen LogP contribution in [0.25, 0.3) is 0 Å². The van der Waals surface area contributed by atoms with Crippen LogP contribution in [0.5, 0.6) is 0 Å². The van der Waals surface area contributed by atoms with Crippen molar-refractivity contribution in [2.24, 2.45) is 5.41 Å². The van der Waals surface area contributed by atoms with Crippen LogP contribution in [0.4, 0.5) is 0 Å². The van der Waals surface area contributed by atoms with Gasteiger partial charge >= 0.3 is 0 Å². The third-order valence-corrected chi connectivity index (χ3v) is 2.34. The molecule has 0 N–H and O–H groups in total.